The highest BCUT2D eigenvalue weighted by Crippen LogP contribution is 2.24. The minimum Gasteiger partial charge on any atom is -0.363 e. The zero-order valence-corrected chi connectivity index (χ0v) is 9.72. The van der Waals surface area contributed by atoms with Crippen molar-refractivity contribution in [2.75, 3.05) is 11.9 Å². The van der Waals surface area contributed by atoms with Gasteiger partial charge >= 0.3 is 0 Å². The van der Waals surface area contributed by atoms with Gasteiger partial charge in [-0.25, -0.2) is 18.7 Å². The second kappa shape index (κ2) is 4.27. The molecule has 0 aliphatic heterocycles. The highest BCUT2D eigenvalue weighted by atomic mass is 19.3. The number of anilines is 1. The fraction of sp³-hybridized carbons (Fsp3) is 0.455. The highest BCUT2D eigenvalue weighted by Gasteiger charge is 2.21. The van der Waals surface area contributed by atoms with Crippen molar-refractivity contribution in [3.05, 3.63) is 18.1 Å². The minimum absolute atomic E-state index is 0.437. The molecule has 4 nitrogen and oxygen atoms in total. The Bertz CT molecular complexity index is 516. The first-order valence-electron chi connectivity index (χ1n) is 5.44. The van der Waals surface area contributed by atoms with Crippen molar-refractivity contribution in [2.45, 2.75) is 26.2 Å². The van der Waals surface area contributed by atoms with Crippen LogP contribution in [0.25, 0.3) is 11.0 Å². The van der Waals surface area contributed by atoms with Gasteiger partial charge in [-0.15, -0.1) is 0 Å². The Kier molecular flexibility index (Phi) is 2.95. The summed E-state index contributed by atoms with van der Waals surface area (Å²) in [6.45, 7) is 2.43. The number of fused-ring (bicyclic) bond motifs is 1. The number of alkyl halides is 2. The Morgan fingerprint density at radius 2 is 2.18 bits per heavy atom. The normalized spacial score (nSPS) is 12.0. The molecule has 0 aliphatic carbocycles. The van der Waals surface area contributed by atoms with Crippen LogP contribution in [0.2, 0.25) is 0 Å². The fourth-order valence-corrected chi connectivity index (χ4v) is 1.68. The molecule has 0 aromatic carbocycles. The Balaban J connectivity index is 2.36. The van der Waals surface area contributed by atoms with E-state index in [4.69, 9.17) is 0 Å². The van der Waals surface area contributed by atoms with Crippen molar-refractivity contribution in [3.8, 4) is 0 Å². The van der Waals surface area contributed by atoms with Crippen LogP contribution in [0.15, 0.2) is 12.5 Å². The summed E-state index contributed by atoms with van der Waals surface area (Å²) in [7, 11) is 0. The third kappa shape index (κ3) is 2.51. The molecule has 2 heterocycles. The Morgan fingerprint density at radius 3 is 2.82 bits per heavy atom. The predicted molar refractivity (Wildman–Crippen MR) is 62.4 cm³/mol. The standard InChI is InChI=1S/C11H14F2N4/c1-3-7-4-14-9-8(7)10(17-6-16-9)15-5-11(2,12)13/h4,6H,3,5H2,1-2H3,(H2,14,15,16,17). The summed E-state index contributed by atoms with van der Waals surface area (Å²) in [6, 6.07) is 0. The summed E-state index contributed by atoms with van der Waals surface area (Å²) in [5, 5.41) is 3.46. The molecule has 92 valence electrons. The van der Waals surface area contributed by atoms with Gasteiger partial charge in [0.05, 0.1) is 11.9 Å². The van der Waals surface area contributed by atoms with E-state index >= 15 is 0 Å². The molecule has 2 aromatic heterocycles. The molecule has 2 aromatic rings. The van der Waals surface area contributed by atoms with E-state index in [1.807, 2.05) is 13.1 Å². The summed E-state index contributed by atoms with van der Waals surface area (Å²) >= 11 is 0. The van der Waals surface area contributed by atoms with Gasteiger partial charge in [0.1, 0.15) is 17.8 Å². The monoisotopic (exact) mass is 240 g/mol. The maximum Gasteiger partial charge on any atom is 0.262 e. The van der Waals surface area contributed by atoms with Crippen molar-refractivity contribution < 1.29 is 8.78 Å². The van der Waals surface area contributed by atoms with Crippen LogP contribution in [0.4, 0.5) is 14.6 Å². The zero-order valence-electron chi connectivity index (χ0n) is 9.72. The Hall–Kier alpha value is -1.72. The number of hydrogen-bond acceptors (Lipinski definition) is 3. The van der Waals surface area contributed by atoms with Gasteiger partial charge < -0.3 is 10.3 Å². The first kappa shape index (κ1) is 11.8. The van der Waals surface area contributed by atoms with Crippen molar-refractivity contribution in [3.63, 3.8) is 0 Å². The second-order valence-corrected chi connectivity index (χ2v) is 4.04. The molecule has 0 aliphatic rings. The molecule has 0 atom stereocenters. The van der Waals surface area contributed by atoms with E-state index in [1.165, 1.54) is 6.33 Å². The summed E-state index contributed by atoms with van der Waals surface area (Å²) in [5.74, 6) is -2.31. The van der Waals surface area contributed by atoms with Gasteiger partial charge in [0, 0.05) is 13.1 Å². The molecule has 0 bridgehead atoms. The number of H-pyrrole nitrogens is 1. The van der Waals surface area contributed by atoms with Gasteiger partial charge in [-0.05, 0) is 12.0 Å². The molecule has 0 amide bonds. The number of halogens is 2. The molecule has 17 heavy (non-hydrogen) atoms. The van der Waals surface area contributed by atoms with Crippen LogP contribution in [0, 0.1) is 0 Å². The van der Waals surface area contributed by atoms with Gasteiger partial charge in [-0.1, -0.05) is 6.92 Å². The predicted octanol–water partition coefficient (Wildman–Crippen LogP) is 2.59. The van der Waals surface area contributed by atoms with Crippen LogP contribution in [-0.2, 0) is 6.42 Å². The molecule has 0 fully saturated rings. The molecule has 0 saturated carbocycles. The second-order valence-electron chi connectivity index (χ2n) is 4.04. The molecule has 0 radical (unpaired) electrons. The van der Waals surface area contributed by atoms with E-state index in [-0.39, 0.29) is 0 Å². The SMILES string of the molecule is CCc1c[nH]c2ncnc(NCC(C)(F)F)c12. The summed E-state index contributed by atoms with van der Waals surface area (Å²) < 4.78 is 25.6. The van der Waals surface area contributed by atoms with E-state index in [1.54, 1.807) is 0 Å². The topological polar surface area (TPSA) is 53.6 Å². The molecular weight excluding hydrogens is 226 g/mol. The van der Waals surface area contributed by atoms with E-state index in [0.717, 1.165) is 24.3 Å². The first-order chi connectivity index (χ1) is 8.01. The van der Waals surface area contributed by atoms with E-state index in [2.05, 4.69) is 20.3 Å². The third-order valence-corrected chi connectivity index (χ3v) is 2.50. The smallest absolute Gasteiger partial charge is 0.262 e. The number of nitrogens with zero attached hydrogens (tertiary/aromatic N) is 2. The largest absolute Gasteiger partial charge is 0.363 e. The van der Waals surface area contributed by atoms with E-state index in [0.29, 0.717) is 11.5 Å². The maximum atomic E-state index is 12.8. The van der Waals surface area contributed by atoms with Crippen LogP contribution in [0.5, 0.6) is 0 Å². The number of aromatic nitrogens is 3. The van der Waals surface area contributed by atoms with Crippen molar-refractivity contribution >= 4 is 16.9 Å². The van der Waals surface area contributed by atoms with Gasteiger partial charge in [-0.2, -0.15) is 0 Å². The third-order valence-electron chi connectivity index (χ3n) is 2.50. The lowest BCUT2D eigenvalue weighted by Gasteiger charge is -2.12. The molecule has 0 unspecified atom stereocenters. The van der Waals surface area contributed by atoms with Crippen LogP contribution in [0.3, 0.4) is 0 Å². The van der Waals surface area contributed by atoms with Crippen molar-refractivity contribution in [2.24, 2.45) is 0 Å². The van der Waals surface area contributed by atoms with Crippen LogP contribution < -0.4 is 5.32 Å². The summed E-state index contributed by atoms with van der Waals surface area (Å²) in [6.07, 6.45) is 3.98. The zero-order chi connectivity index (χ0) is 12.5. The quantitative estimate of drug-likeness (QED) is 0.863. The number of aromatic amines is 1. The fourth-order valence-electron chi connectivity index (χ4n) is 1.68. The van der Waals surface area contributed by atoms with E-state index in [9.17, 15) is 8.78 Å². The molecule has 6 heteroatoms. The average molecular weight is 240 g/mol. The summed E-state index contributed by atoms with van der Waals surface area (Å²) in [4.78, 5) is 11.1. The van der Waals surface area contributed by atoms with Gasteiger partial charge in [-0.3, -0.25) is 0 Å². The van der Waals surface area contributed by atoms with Crippen LogP contribution >= 0.6 is 0 Å². The number of hydrogen-bond donors (Lipinski definition) is 2. The van der Waals surface area contributed by atoms with Crippen molar-refractivity contribution in [1.29, 1.82) is 0 Å². The number of nitrogens with one attached hydrogen (secondary N) is 2. The minimum atomic E-state index is -2.76. The lowest BCUT2D eigenvalue weighted by atomic mass is 10.2. The van der Waals surface area contributed by atoms with Crippen LogP contribution in [0.1, 0.15) is 19.4 Å². The average Bonchev–Trinajstić information content (AvgIpc) is 2.68. The Labute approximate surface area is 97.5 Å². The molecule has 2 rings (SSSR count). The molecule has 0 spiro atoms. The van der Waals surface area contributed by atoms with Crippen molar-refractivity contribution in [1.82, 2.24) is 15.0 Å². The summed E-state index contributed by atoms with van der Waals surface area (Å²) in [5.41, 5.74) is 1.68. The lowest BCUT2D eigenvalue weighted by molar-refractivity contribution is 0.0367. The molecule has 2 N–H and O–H groups in total. The van der Waals surface area contributed by atoms with Gasteiger partial charge in [0.15, 0.2) is 0 Å². The molecular formula is C11H14F2N4. The Morgan fingerprint density at radius 1 is 1.41 bits per heavy atom. The van der Waals surface area contributed by atoms with Gasteiger partial charge in [0.25, 0.3) is 5.92 Å². The lowest BCUT2D eigenvalue weighted by Crippen LogP contribution is -2.23. The van der Waals surface area contributed by atoms with Crippen LogP contribution in [-0.4, -0.2) is 27.4 Å². The highest BCUT2D eigenvalue weighted by molar-refractivity contribution is 5.90. The van der Waals surface area contributed by atoms with Gasteiger partial charge in [0.2, 0.25) is 0 Å². The number of rotatable bonds is 4. The van der Waals surface area contributed by atoms with E-state index < -0.39 is 12.5 Å². The first-order valence-corrected chi connectivity index (χ1v) is 5.44. The molecule has 0 saturated heterocycles. The maximum absolute atomic E-state index is 12.8. The number of aryl methyl sites for hydroxylation is 1.